The van der Waals surface area contributed by atoms with E-state index < -0.39 is 52.3 Å². The summed E-state index contributed by atoms with van der Waals surface area (Å²) in [6.45, 7) is 1.64. The maximum absolute atomic E-state index is 13.0. The number of aromatic nitrogens is 2. The van der Waals surface area contributed by atoms with Gasteiger partial charge in [0.05, 0.1) is 16.8 Å². The molecule has 1 aliphatic heterocycles. The van der Waals surface area contributed by atoms with Gasteiger partial charge in [-0.1, -0.05) is 0 Å². The number of benzene rings is 1. The molecule has 1 atom stereocenters. The lowest BCUT2D eigenvalue weighted by molar-refractivity contribution is -0.143. The van der Waals surface area contributed by atoms with E-state index in [1.165, 1.54) is 0 Å². The van der Waals surface area contributed by atoms with Crippen LogP contribution < -0.4 is 11.0 Å². The summed E-state index contributed by atoms with van der Waals surface area (Å²) in [6, 6.07) is 0.501. The Morgan fingerprint density at radius 3 is 2.26 bits per heavy atom. The van der Waals surface area contributed by atoms with E-state index in [-0.39, 0.29) is 24.0 Å². The molecule has 0 spiro atoms. The second-order valence-corrected chi connectivity index (χ2v) is 6.83. The van der Waals surface area contributed by atoms with Gasteiger partial charge in [-0.25, -0.2) is 9.78 Å². The molecule has 2 heterocycles. The lowest BCUT2D eigenvalue weighted by Crippen LogP contribution is -2.37. The van der Waals surface area contributed by atoms with Crippen LogP contribution in [-0.4, -0.2) is 26.3 Å². The molecule has 0 amide bonds. The van der Waals surface area contributed by atoms with Crippen LogP contribution in [0.2, 0.25) is 0 Å². The zero-order valence-corrected chi connectivity index (χ0v) is 15.7. The lowest BCUT2D eigenvalue weighted by atomic mass is 10.0. The van der Waals surface area contributed by atoms with E-state index in [0.29, 0.717) is 18.6 Å². The van der Waals surface area contributed by atoms with Crippen LogP contribution in [0.4, 0.5) is 32.0 Å². The van der Waals surface area contributed by atoms with Gasteiger partial charge in [-0.2, -0.15) is 31.4 Å². The quantitative estimate of drug-likeness (QED) is 0.543. The molecule has 1 unspecified atom stereocenters. The van der Waals surface area contributed by atoms with Crippen LogP contribution in [0.15, 0.2) is 34.3 Å². The number of hydrazone groups is 1. The summed E-state index contributed by atoms with van der Waals surface area (Å²) in [5, 5.41) is 12.9. The second kappa shape index (κ2) is 7.71. The van der Waals surface area contributed by atoms with Gasteiger partial charge in [0, 0.05) is 12.2 Å². The standard InChI is InChI=1S/C18H14F6N4O3/c1-8-2-3-13(14-25-7-12(16(30)31)15(29)28(8)14)27-26-11-5-9(17(19,20)21)4-10(6-11)18(22,23)24/h4-8,26H,2-3H2,1H3,(H,30,31). The van der Waals surface area contributed by atoms with Crippen molar-refractivity contribution in [2.24, 2.45) is 5.10 Å². The maximum Gasteiger partial charge on any atom is 0.416 e. The van der Waals surface area contributed by atoms with Gasteiger partial charge < -0.3 is 5.11 Å². The van der Waals surface area contributed by atoms with Crippen LogP contribution in [0.5, 0.6) is 0 Å². The van der Waals surface area contributed by atoms with Crippen molar-refractivity contribution in [1.82, 2.24) is 9.55 Å². The largest absolute Gasteiger partial charge is 0.477 e. The molecule has 2 aromatic rings. The number of anilines is 1. The number of rotatable bonds is 3. The number of fused-ring (bicyclic) bond motifs is 1. The summed E-state index contributed by atoms with van der Waals surface area (Å²) in [5.41, 5.74) is -2.75. The number of nitrogens with zero attached hydrogens (tertiary/aromatic N) is 3. The Labute approximate surface area is 170 Å². The Bertz CT molecular complexity index is 1090. The molecule has 1 aliphatic rings. The highest BCUT2D eigenvalue weighted by Crippen LogP contribution is 2.37. The zero-order chi connectivity index (χ0) is 23.1. The maximum atomic E-state index is 13.0. The average Bonchev–Trinajstić information content (AvgIpc) is 2.65. The van der Waals surface area contributed by atoms with Crippen LogP contribution >= 0.6 is 0 Å². The van der Waals surface area contributed by atoms with Gasteiger partial charge in [0.1, 0.15) is 11.3 Å². The number of carbonyl (C=O) groups is 1. The monoisotopic (exact) mass is 448 g/mol. The number of hydrogen-bond donors (Lipinski definition) is 2. The fourth-order valence-corrected chi connectivity index (χ4v) is 3.08. The van der Waals surface area contributed by atoms with Gasteiger partial charge in [-0.3, -0.25) is 14.8 Å². The van der Waals surface area contributed by atoms with E-state index in [9.17, 15) is 35.9 Å². The first-order valence-corrected chi connectivity index (χ1v) is 8.76. The normalized spacial score (nSPS) is 18.0. The molecule has 0 saturated carbocycles. The summed E-state index contributed by atoms with van der Waals surface area (Å²) >= 11 is 0. The molecule has 0 aliphatic carbocycles. The molecule has 0 bridgehead atoms. The second-order valence-electron chi connectivity index (χ2n) is 6.83. The SMILES string of the molecule is CC1CCC(=NNc2cc(C(F)(F)F)cc(C(F)(F)F)c2)c2ncc(C(=O)O)c(=O)n21. The summed E-state index contributed by atoms with van der Waals surface area (Å²) in [7, 11) is 0. The van der Waals surface area contributed by atoms with Crippen LogP contribution in [0.25, 0.3) is 0 Å². The third-order valence-electron chi connectivity index (χ3n) is 4.63. The van der Waals surface area contributed by atoms with Crippen LogP contribution in [-0.2, 0) is 12.4 Å². The first-order valence-electron chi connectivity index (χ1n) is 8.76. The average molecular weight is 448 g/mol. The topological polar surface area (TPSA) is 96.6 Å². The van der Waals surface area contributed by atoms with Crippen molar-refractivity contribution in [1.29, 1.82) is 0 Å². The predicted octanol–water partition coefficient (Wildman–Crippen LogP) is 4.15. The number of nitrogens with one attached hydrogen (secondary N) is 1. The molecular weight excluding hydrogens is 434 g/mol. The predicted molar refractivity (Wildman–Crippen MR) is 96.0 cm³/mol. The summed E-state index contributed by atoms with van der Waals surface area (Å²) in [5.74, 6) is -1.50. The van der Waals surface area contributed by atoms with Crippen LogP contribution in [0.3, 0.4) is 0 Å². The van der Waals surface area contributed by atoms with Crippen molar-refractivity contribution in [3.63, 3.8) is 0 Å². The first kappa shape index (κ1) is 22.3. The molecule has 31 heavy (non-hydrogen) atoms. The molecule has 0 radical (unpaired) electrons. The molecule has 2 N–H and O–H groups in total. The molecule has 7 nitrogen and oxygen atoms in total. The van der Waals surface area contributed by atoms with Gasteiger partial charge >= 0.3 is 18.3 Å². The minimum absolute atomic E-state index is 0.00947. The summed E-state index contributed by atoms with van der Waals surface area (Å²) in [6.07, 6.45) is -8.66. The fraction of sp³-hybridized carbons (Fsp3) is 0.333. The Morgan fingerprint density at radius 2 is 1.74 bits per heavy atom. The Balaban J connectivity index is 2.04. The van der Waals surface area contributed by atoms with E-state index in [1.54, 1.807) is 6.92 Å². The van der Waals surface area contributed by atoms with Gasteiger partial charge in [-0.05, 0) is 38.0 Å². The van der Waals surface area contributed by atoms with Crippen LogP contribution in [0, 0.1) is 0 Å². The molecule has 1 aromatic heterocycles. The van der Waals surface area contributed by atoms with Gasteiger partial charge in [0.2, 0.25) is 0 Å². The van der Waals surface area contributed by atoms with Gasteiger partial charge in [0.15, 0.2) is 5.82 Å². The molecule has 0 fully saturated rings. The number of halogens is 6. The van der Waals surface area contributed by atoms with Gasteiger partial charge in [0.25, 0.3) is 5.56 Å². The minimum atomic E-state index is -5.01. The number of aromatic carboxylic acids is 1. The van der Waals surface area contributed by atoms with Crippen molar-refractivity contribution >= 4 is 17.4 Å². The van der Waals surface area contributed by atoms with Gasteiger partial charge in [-0.15, -0.1) is 0 Å². The fourth-order valence-electron chi connectivity index (χ4n) is 3.08. The molecule has 0 saturated heterocycles. The smallest absolute Gasteiger partial charge is 0.416 e. The number of alkyl halides is 6. The molecule has 1 aromatic carbocycles. The number of hydrogen-bond acceptors (Lipinski definition) is 5. The van der Waals surface area contributed by atoms with E-state index in [0.717, 1.165) is 10.8 Å². The molecule has 166 valence electrons. The zero-order valence-electron chi connectivity index (χ0n) is 15.7. The highest BCUT2D eigenvalue weighted by Gasteiger charge is 2.37. The van der Waals surface area contributed by atoms with Crippen molar-refractivity contribution < 1.29 is 36.2 Å². The van der Waals surface area contributed by atoms with Crippen LogP contribution in [0.1, 0.15) is 53.1 Å². The van der Waals surface area contributed by atoms with Crippen molar-refractivity contribution in [3.05, 3.63) is 57.3 Å². The van der Waals surface area contributed by atoms with Crippen molar-refractivity contribution in [3.8, 4) is 0 Å². The molecular formula is C18H14F6N4O3. The summed E-state index contributed by atoms with van der Waals surface area (Å²) < 4.78 is 79.0. The van der Waals surface area contributed by atoms with Crippen molar-refractivity contribution in [2.75, 3.05) is 5.43 Å². The Kier molecular flexibility index (Phi) is 5.54. The molecule has 3 rings (SSSR count). The van der Waals surface area contributed by atoms with E-state index in [2.05, 4.69) is 15.5 Å². The third kappa shape index (κ3) is 4.54. The first-order chi connectivity index (χ1) is 14.3. The summed E-state index contributed by atoms with van der Waals surface area (Å²) in [4.78, 5) is 27.5. The van der Waals surface area contributed by atoms with E-state index in [4.69, 9.17) is 5.11 Å². The highest BCUT2D eigenvalue weighted by molar-refractivity contribution is 5.99. The molecule has 13 heteroatoms. The van der Waals surface area contributed by atoms with E-state index >= 15 is 0 Å². The van der Waals surface area contributed by atoms with Crippen molar-refractivity contribution in [2.45, 2.75) is 38.2 Å². The number of carboxylic acids is 1. The lowest BCUT2D eigenvalue weighted by Gasteiger charge is -2.25. The minimum Gasteiger partial charge on any atom is -0.477 e. The number of carboxylic acid groups (broad SMARTS) is 1. The van der Waals surface area contributed by atoms with E-state index in [1.807, 2.05) is 0 Å². The third-order valence-corrected chi connectivity index (χ3v) is 4.63. The Morgan fingerprint density at radius 1 is 1.16 bits per heavy atom. The Hall–Kier alpha value is -3.38. The highest BCUT2D eigenvalue weighted by atomic mass is 19.4.